The summed E-state index contributed by atoms with van der Waals surface area (Å²) in [5.74, 6) is 0.849. The van der Waals surface area contributed by atoms with E-state index < -0.39 is 0 Å². The minimum absolute atomic E-state index is 0.205. The molecule has 3 nitrogen and oxygen atoms in total. The predicted molar refractivity (Wildman–Crippen MR) is 73.1 cm³/mol. The van der Waals surface area contributed by atoms with E-state index in [4.69, 9.17) is 22.1 Å². The molecule has 4 heteroatoms. The molecule has 1 heterocycles. The lowest BCUT2D eigenvalue weighted by Gasteiger charge is -2.26. The summed E-state index contributed by atoms with van der Waals surface area (Å²) in [5, 5.41) is 0.757. The van der Waals surface area contributed by atoms with Crippen molar-refractivity contribution in [2.75, 3.05) is 0 Å². The molecule has 3 unspecified atom stereocenters. The highest BCUT2D eigenvalue weighted by Crippen LogP contribution is 2.28. The Morgan fingerprint density at radius 1 is 1.28 bits per heavy atom. The van der Waals surface area contributed by atoms with Crippen molar-refractivity contribution in [3.8, 4) is 0 Å². The zero-order chi connectivity index (χ0) is 12.5. The second-order valence-electron chi connectivity index (χ2n) is 5.12. The molecule has 0 bridgehead atoms. The van der Waals surface area contributed by atoms with E-state index in [-0.39, 0.29) is 12.1 Å². The Balaban J connectivity index is 1.66. The third-order valence-electron chi connectivity index (χ3n) is 3.66. The number of fused-ring (bicyclic) bond motifs is 1. The van der Waals surface area contributed by atoms with Gasteiger partial charge in [-0.1, -0.05) is 23.7 Å². The minimum atomic E-state index is 0.205. The smallest absolute Gasteiger partial charge is 0.188 e. The lowest BCUT2D eigenvalue weighted by atomic mass is 9.90. The maximum atomic E-state index is 5.96. The molecule has 0 spiro atoms. The molecule has 0 amide bonds. The molecule has 0 saturated heterocycles. The Morgan fingerprint density at radius 2 is 2.06 bits per heavy atom. The minimum Gasteiger partial charge on any atom is -0.475 e. The van der Waals surface area contributed by atoms with Crippen LogP contribution in [0.5, 0.6) is 0 Å². The maximum absolute atomic E-state index is 5.96. The Morgan fingerprint density at radius 3 is 2.83 bits per heavy atom. The van der Waals surface area contributed by atoms with E-state index in [1.165, 1.54) is 5.56 Å². The van der Waals surface area contributed by atoms with Crippen LogP contribution in [0.15, 0.2) is 29.3 Å². The zero-order valence-electron chi connectivity index (χ0n) is 10.2. The van der Waals surface area contributed by atoms with Crippen molar-refractivity contribution in [2.45, 2.75) is 43.9 Å². The average molecular weight is 265 g/mol. The number of benzene rings is 1. The van der Waals surface area contributed by atoms with Gasteiger partial charge in [-0.25, -0.2) is 4.99 Å². The summed E-state index contributed by atoms with van der Waals surface area (Å²) >= 11 is 5.87. The monoisotopic (exact) mass is 264 g/mol. The molecule has 1 aromatic carbocycles. The van der Waals surface area contributed by atoms with E-state index in [0.717, 1.165) is 36.6 Å². The lowest BCUT2D eigenvalue weighted by molar-refractivity contribution is 0.139. The number of halogens is 1. The molecular formula is C14H17ClN2O. The highest BCUT2D eigenvalue weighted by atomic mass is 35.5. The van der Waals surface area contributed by atoms with Crippen LogP contribution in [0.3, 0.4) is 0 Å². The number of nitrogens with two attached hydrogens (primary N) is 1. The summed E-state index contributed by atoms with van der Waals surface area (Å²) in [6.07, 6.45) is 3.99. The summed E-state index contributed by atoms with van der Waals surface area (Å²) in [4.78, 5) is 4.67. The van der Waals surface area contributed by atoms with Crippen molar-refractivity contribution < 1.29 is 4.74 Å². The van der Waals surface area contributed by atoms with E-state index in [1.54, 1.807) is 0 Å². The van der Waals surface area contributed by atoms with E-state index >= 15 is 0 Å². The second-order valence-corrected chi connectivity index (χ2v) is 5.56. The van der Waals surface area contributed by atoms with Gasteiger partial charge in [0.25, 0.3) is 0 Å². The van der Waals surface area contributed by atoms with Gasteiger partial charge >= 0.3 is 0 Å². The third kappa shape index (κ3) is 2.52. The van der Waals surface area contributed by atoms with E-state index in [2.05, 4.69) is 4.99 Å². The van der Waals surface area contributed by atoms with Gasteiger partial charge in [0.1, 0.15) is 6.10 Å². The molecule has 3 rings (SSSR count). The maximum Gasteiger partial charge on any atom is 0.188 e. The van der Waals surface area contributed by atoms with E-state index in [0.29, 0.717) is 6.04 Å². The molecule has 1 aromatic rings. The fourth-order valence-electron chi connectivity index (χ4n) is 2.67. The van der Waals surface area contributed by atoms with Gasteiger partial charge in [-0.05, 0) is 30.5 Å². The van der Waals surface area contributed by atoms with Crippen molar-refractivity contribution in [3.63, 3.8) is 0 Å². The first kappa shape index (κ1) is 12.0. The number of hydrogen-bond donors (Lipinski definition) is 1. The first-order chi connectivity index (χ1) is 8.70. The van der Waals surface area contributed by atoms with Crippen molar-refractivity contribution in [1.29, 1.82) is 0 Å². The van der Waals surface area contributed by atoms with Crippen molar-refractivity contribution >= 4 is 17.5 Å². The summed E-state index contributed by atoms with van der Waals surface area (Å²) in [6, 6.07) is 8.43. The van der Waals surface area contributed by atoms with Gasteiger partial charge in [0.05, 0.1) is 6.04 Å². The van der Waals surface area contributed by atoms with Crippen LogP contribution < -0.4 is 5.73 Å². The van der Waals surface area contributed by atoms with Gasteiger partial charge in [0.2, 0.25) is 0 Å². The molecule has 1 saturated carbocycles. The van der Waals surface area contributed by atoms with Gasteiger partial charge < -0.3 is 10.5 Å². The first-order valence-corrected chi connectivity index (χ1v) is 6.82. The molecule has 1 aliphatic carbocycles. The van der Waals surface area contributed by atoms with Crippen LogP contribution >= 0.6 is 11.6 Å². The number of nitrogens with zero attached hydrogens (tertiary/aromatic N) is 1. The van der Waals surface area contributed by atoms with Crippen molar-refractivity contribution in [3.05, 3.63) is 34.9 Å². The zero-order valence-corrected chi connectivity index (χ0v) is 10.9. The summed E-state index contributed by atoms with van der Waals surface area (Å²) in [6.45, 7) is 0. The quantitative estimate of drug-likeness (QED) is 0.892. The van der Waals surface area contributed by atoms with Gasteiger partial charge in [-0.15, -0.1) is 0 Å². The van der Waals surface area contributed by atoms with Crippen molar-refractivity contribution in [2.24, 2.45) is 10.7 Å². The van der Waals surface area contributed by atoms with Gasteiger partial charge in [-0.2, -0.15) is 0 Å². The van der Waals surface area contributed by atoms with Gasteiger partial charge in [0, 0.05) is 23.9 Å². The first-order valence-electron chi connectivity index (χ1n) is 6.44. The highest BCUT2D eigenvalue weighted by Gasteiger charge is 2.35. The number of ether oxygens (including phenoxy) is 1. The summed E-state index contributed by atoms with van der Waals surface area (Å²) in [5.41, 5.74) is 7.14. The SMILES string of the molecule is NC1CCC2N=C(Cc3ccc(Cl)cc3)OC2C1. The van der Waals surface area contributed by atoms with Crippen molar-refractivity contribution in [1.82, 2.24) is 0 Å². The largest absolute Gasteiger partial charge is 0.475 e. The molecular weight excluding hydrogens is 248 g/mol. The molecule has 0 aromatic heterocycles. The van der Waals surface area contributed by atoms with Crippen LogP contribution in [-0.2, 0) is 11.2 Å². The normalized spacial score (nSPS) is 30.6. The lowest BCUT2D eigenvalue weighted by Crippen LogP contribution is -2.38. The van der Waals surface area contributed by atoms with Crippen LogP contribution in [0.1, 0.15) is 24.8 Å². The summed E-state index contributed by atoms with van der Waals surface area (Å²) in [7, 11) is 0. The van der Waals surface area contributed by atoms with Crippen LogP contribution in [0.4, 0.5) is 0 Å². The molecule has 1 aliphatic heterocycles. The molecule has 3 atom stereocenters. The third-order valence-corrected chi connectivity index (χ3v) is 3.92. The molecule has 2 N–H and O–H groups in total. The Kier molecular flexibility index (Phi) is 3.27. The van der Waals surface area contributed by atoms with Crippen LogP contribution in [0, 0.1) is 0 Å². The van der Waals surface area contributed by atoms with E-state index in [9.17, 15) is 0 Å². The molecule has 96 valence electrons. The molecule has 0 radical (unpaired) electrons. The Bertz CT molecular complexity index is 457. The molecule has 1 fully saturated rings. The fourth-order valence-corrected chi connectivity index (χ4v) is 2.80. The predicted octanol–water partition coefficient (Wildman–Crippen LogP) is 2.56. The van der Waals surface area contributed by atoms with Crippen LogP contribution in [0.2, 0.25) is 5.02 Å². The van der Waals surface area contributed by atoms with Crippen LogP contribution in [-0.4, -0.2) is 24.1 Å². The molecule has 2 aliphatic rings. The number of aliphatic imine (C=N–C) groups is 1. The van der Waals surface area contributed by atoms with Gasteiger partial charge in [-0.3, -0.25) is 0 Å². The molecule has 18 heavy (non-hydrogen) atoms. The van der Waals surface area contributed by atoms with Crippen LogP contribution in [0.25, 0.3) is 0 Å². The fraction of sp³-hybridized carbons (Fsp3) is 0.500. The number of rotatable bonds is 2. The topological polar surface area (TPSA) is 47.6 Å². The van der Waals surface area contributed by atoms with E-state index in [1.807, 2.05) is 24.3 Å². The Hall–Kier alpha value is -1.06. The second kappa shape index (κ2) is 4.90. The average Bonchev–Trinajstić information content (AvgIpc) is 2.73. The Labute approximate surface area is 112 Å². The number of hydrogen-bond acceptors (Lipinski definition) is 3. The summed E-state index contributed by atoms with van der Waals surface area (Å²) < 4.78 is 5.91. The highest BCUT2D eigenvalue weighted by molar-refractivity contribution is 6.30. The van der Waals surface area contributed by atoms with Gasteiger partial charge in [0.15, 0.2) is 5.90 Å². The standard InChI is InChI=1S/C14H17ClN2O/c15-10-3-1-9(2-4-10)7-14-17-12-6-5-11(16)8-13(12)18-14/h1-4,11-13H,5-8,16H2.